The molecule has 0 N–H and O–H groups in total. The zero-order valence-electron chi connectivity index (χ0n) is 17.9. The maximum absolute atomic E-state index is 13.4. The van der Waals surface area contributed by atoms with E-state index >= 15 is 0 Å². The van der Waals surface area contributed by atoms with E-state index in [4.69, 9.17) is 0 Å². The number of benzene rings is 1. The minimum absolute atomic E-state index is 0.00132. The average molecular weight is 435 g/mol. The van der Waals surface area contributed by atoms with Crippen LogP contribution in [0.25, 0.3) is 5.65 Å². The molecule has 0 radical (unpaired) electrons. The third-order valence-electron chi connectivity index (χ3n) is 6.52. The van der Waals surface area contributed by atoms with Crippen molar-refractivity contribution < 1.29 is 9.72 Å². The second-order valence-electron chi connectivity index (χ2n) is 8.51. The molecule has 0 spiro atoms. The normalized spacial score (nSPS) is 19.3. The molecule has 0 aliphatic carbocycles. The van der Waals surface area contributed by atoms with E-state index in [-0.39, 0.29) is 22.6 Å². The van der Waals surface area contributed by atoms with Gasteiger partial charge in [-0.05, 0) is 49.9 Å². The second kappa shape index (κ2) is 8.57. The summed E-state index contributed by atoms with van der Waals surface area (Å²) in [6.45, 7) is 2.21. The molecule has 2 aromatic heterocycles. The van der Waals surface area contributed by atoms with Gasteiger partial charge in [-0.25, -0.2) is 0 Å². The van der Waals surface area contributed by atoms with Crippen LogP contribution in [-0.2, 0) is 0 Å². The van der Waals surface area contributed by atoms with E-state index in [2.05, 4.69) is 15.1 Å². The lowest BCUT2D eigenvalue weighted by Gasteiger charge is -2.25. The van der Waals surface area contributed by atoms with Crippen molar-refractivity contribution in [1.82, 2.24) is 19.5 Å². The Morgan fingerprint density at radius 2 is 1.81 bits per heavy atom. The lowest BCUT2D eigenvalue weighted by atomic mass is 10.1. The molecule has 9 heteroatoms. The molecule has 4 heterocycles. The smallest absolute Gasteiger partial charge is 0.293 e. The van der Waals surface area contributed by atoms with Crippen molar-refractivity contribution in [3.05, 3.63) is 64.1 Å². The van der Waals surface area contributed by atoms with Crippen LogP contribution in [0.1, 0.15) is 60.7 Å². The summed E-state index contributed by atoms with van der Waals surface area (Å²) in [6, 6.07) is 10.4. The zero-order chi connectivity index (χ0) is 22.1. The Morgan fingerprint density at radius 3 is 2.59 bits per heavy atom. The largest absolute Gasteiger partial charge is 0.366 e. The number of likely N-dealkylation sites (tertiary alicyclic amines) is 1. The van der Waals surface area contributed by atoms with Crippen LogP contribution in [0.5, 0.6) is 0 Å². The molecule has 1 aromatic carbocycles. The van der Waals surface area contributed by atoms with Crippen molar-refractivity contribution in [3.8, 4) is 0 Å². The SMILES string of the molecule is O=C(c1ccc(N2CCCCCC2)c([N+](=O)[O-])c1)N1CCC[C@@H]1c1nnc2ccccn12. The third-order valence-corrected chi connectivity index (χ3v) is 6.52. The maximum atomic E-state index is 13.4. The van der Waals surface area contributed by atoms with Gasteiger partial charge < -0.3 is 9.80 Å². The molecule has 2 aliphatic heterocycles. The number of nitrogens with zero attached hydrogens (tertiary/aromatic N) is 6. The number of fused-ring (bicyclic) bond motifs is 1. The highest BCUT2D eigenvalue weighted by Crippen LogP contribution is 2.35. The second-order valence-corrected chi connectivity index (χ2v) is 8.51. The summed E-state index contributed by atoms with van der Waals surface area (Å²) in [6.07, 6.45) is 7.89. The highest BCUT2D eigenvalue weighted by atomic mass is 16.6. The maximum Gasteiger partial charge on any atom is 0.293 e. The molecule has 166 valence electrons. The summed E-state index contributed by atoms with van der Waals surface area (Å²) in [7, 11) is 0. The highest BCUT2D eigenvalue weighted by molar-refractivity contribution is 5.96. The number of carbonyl (C=O) groups is 1. The quantitative estimate of drug-likeness (QED) is 0.455. The minimum Gasteiger partial charge on any atom is -0.366 e. The molecule has 2 fully saturated rings. The van der Waals surface area contributed by atoms with Crippen LogP contribution in [0.15, 0.2) is 42.6 Å². The van der Waals surface area contributed by atoms with Crippen molar-refractivity contribution in [2.45, 2.75) is 44.6 Å². The topological polar surface area (TPSA) is 96.9 Å². The van der Waals surface area contributed by atoms with Crippen LogP contribution in [0.2, 0.25) is 0 Å². The van der Waals surface area contributed by atoms with E-state index in [9.17, 15) is 14.9 Å². The Morgan fingerprint density at radius 1 is 1.00 bits per heavy atom. The van der Waals surface area contributed by atoms with Gasteiger partial charge in [0.15, 0.2) is 11.5 Å². The summed E-state index contributed by atoms with van der Waals surface area (Å²) < 4.78 is 1.90. The predicted octanol–water partition coefficient (Wildman–Crippen LogP) is 4.00. The molecular weight excluding hydrogens is 408 g/mol. The molecule has 1 amide bonds. The number of amides is 1. The van der Waals surface area contributed by atoms with Gasteiger partial charge in [0.2, 0.25) is 0 Å². The number of nitro groups is 1. The van der Waals surface area contributed by atoms with Crippen LogP contribution in [0.4, 0.5) is 11.4 Å². The van der Waals surface area contributed by atoms with E-state index < -0.39 is 0 Å². The predicted molar refractivity (Wildman–Crippen MR) is 120 cm³/mol. The zero-order valence-corrected chi connectivity index (χ0v) is 17.9. The number of carbonyl (C=O) groups excluding carboxylic acids is 1. The first-order valence-electron chi connectivity index (χ1n) is 11.3. The number of aromatic nitrogens is 3. The van der Waals surface area contributed by atoms with Gasteiger partial charge in [0.25, 0.3) is 11.6 Å². The first-order chi connectivity index (χ1) is 15.6. The number of hydrogen-bond donors (Lipinski definition) is 0. The van der Waals surface area contributed by atoms with E-state index in [1.54, 1.807) is 17.0 Å². The van der Waals surface area contributed by atoms with Gasteiger partial charge in [-0.15, -0.1) is 10.2 Å². The number of nitro benzene ring substituents is 1. The van der Waals surface area contributed by atoms with E-state index in [1.165, 1.54) is 6.07 Å². The van der Waals surface area contributed by atoms with Crippen LogP contribution < -0.4 is 4.90 Å². The van der Waals surface area contributed by atoms with Crippen LogP contribution in [0, 0.1) is 10.1 Å². The lowest BCUT2D eigenvalue weighted by molar-refractivity contribution is -0.384. The Labute approximate surface area is 185 Å². The monoisotopic (exact) mass is 434 g/mol. The summed E-state index contributed by atoms with van der Waals surface area (Å²) in [5.74, 6) is 0.521. The number of rotatable bonds is 4. The molecule has 2 saturated heterocycles. The van der Waals surface area contributed by atoms with Gasteiger partial charge in [0.05, 0.1) is 11.0 Å². The van der Waals surface area contributed by atoms with Gasteiger partial charge in [0.1, 0.15) is 5.69 Å². The van der Waals surface area contributed by atoms with Crippen molar-refractivity contribution in [3.63, 3.8) is 0 Å². The third kappa shape index (κ3) is 3.68. The molecule has 1 atom stereocenters. The molecule has 9 nitrogen and oxygen atoms in total. The molecule has 2 aliphatic rings. The summed E-state index contributed by atoms with van der Waals surface area (Å²) in [5, 5.41) is 20.4. The Bertz CT molecular complexity index is 1150. The standard InChI is InChI=1S/C23H26N6O3/c30-23(27-15-7-8-19(27)22-25-24-21-9-3-6-14-28(21)22)17-10-11-18(20(16-17)29(31)32)26-12-4-1-2-5-13-26/h3,6,9-11,14,16,19H,1-2,4-5,7-8,12-13,15H2/t19-/m1/s1. The van der Waals surface area contributed by atoms with E-state index in [0.717, 1.165) is 63.1 Å². The molecule has 0 unspecified atom stereocenters. The van der Waals surface area contributed by atoms with Crippen molar-refractivity contribution in [2.24, 2.45) is 0 Å². The van der Waals surface area contributed by atoms with Gasteiger partial charge in [-0.2, -0.15) is 0 Å². The number of hydrogen-bond acceptors (Lipinski definition) is 6. The average Bonchev–Trinajstić information content (AvgIpc) is 3.37. The molecular formula is C23H26N6O3. The first kappa shape index (κ1) is 20.4. The molecule has 5 rings (SSSR count). The van der Waals surface area contributed by atoms with Crippen LogP contribution in [-0.4, -0.2) is 50.0 Å². The van der Waals surface area contributed by atoms with Crippen LogP contribution >= 0.6 is 0 Å². The van der Waals surface area contributed by atoms with Gasteiger partial charge >= 0.3 is 0 Å². The molecule has 32 heavy (non-hydrogen) atoms. The highest BCUT2D eigenvalue weighted by Gasteiger charge is 2.34. The van der Waals surface area contributed by atoms with Gasteiger partial charge in [0, 0.05) is 37.5 Å². The molecule has 0 saturated carbocycles. The summed E-state index contributed by atoms with van der Waals surface area (Å²) in [4.78, 5) is 28.8. The van der Waals surface area contributed by atoms with Gasteiger partial charge in [-0.3, -0.25) is 19.3 Å². The Hall–Kier alpha value is -3.49. The number of anilines is 1. The van der Waals surface area contributed by atoms with Crippen molar-refractivity contribution in [1.29, 1.82) is 0 Å². The molecule has 3 aromatic rings. The van der Waals surface area contributed by atoms with E-state index in [0.29, 0.717) is 17.8 Å². The fourth-order valence-electron chi connectivity index (χ4n) is 4.91. The van der Waals surface area contributed by atoms with E-state index in [1.807, 2.05) is 28.8 Å². The lowest BCUT2D eigenvalue weighted by Crippen LogP contribution is -2.32. The fraction of sp³-hybridized carbons (Fsp3) is 0.435. The van der Waals surface area contributed by atoms with Crippen molar-refractivity contribution >= 4 is 22.9 Å². The van der Waals surface area contributed by atoms with Crippen molar-refractivity contribution in [2.75, 3.05) is 24.5 Å². The molecule has 0 bridgehead atoms. The minimum atomic E-state index is -0.371. The van der Waals surface area contributed by atoms with Crippen LogP contribution in [0.3, 0.4) is 0 Å². The number of pyridine rings is 1. The Balaban J connectivity index is 1.45. The van der Waals surface area contributed by atoms with Gasteiger partial charge in [-0.1, -0.05) is 18.9 Å². The summed E-state index contributed by atoms with van der Waals surface area (Å²) in [5.41, 5.74) is 1.69. The summed E-state index contributed by atoms with van der Waals surface area (Å²) >= 11 is 0. The fourth-order valence-corrected chi connectivity index (χ4v) is 4.91. The first-order valence-corrected chi connectivity index (χ1v) is 11.3. The Kier molecular flexibility index (Phi) is 5.46.